The molecule has 4 nitrogen and oxygen atoms in total. The van der Waals surface area contributed by atoms with Gasteiger partial charge in [-0.25, -0.2) is 0 Å². The number of nitrogens with two attached hydrogens (primary N) is 1. The molecule has 2 unspecified atom stereocenters. The van der Waals surface area contributed by atoms with E-state index in [1.807, 2.05) is 6.92 Å². The molecule has 20 heavy (non-hydrogen) atoms. The van der Waals surface area contributed by atoms with Crippen LogP contribution in [-0.2, 0) is 4.79 Å². The second kappa shape index (κ2) is 8.63. The second-order valence-corrected chi connectivity index (χ2v) is 6.35. The molecule has 1 saturated heterocycles. The first kappa shape index (κ1) is 17.4. The van der Waals surface area contributed by atoms with Gasteiger partial charge in [0.25, 0.3) is 0 Å². The van der Waals surface area contributed by atoms with Gasteiger partial charge < -0.3 is 15.7 Å². The van der Waals surface area contributed by atoms with Crippen molar-refractivity contribution in [1.29, 1.82) is 0 Å². The van der Waals surface area contributed by atoms with Crippen LogP contribution in [0.25, 0.3) is 0 Å². The minimum atomic E-state index is -1.03. The smallest absolute Gasteiger partial charge is 0.323 e. The van der Waals surface area contributed by atoms with Crippen molar-refractivity contribution >= 4 is 5.97 Å². The zero-order chi connectivity index (χ0) is 15.0. The highest BCUT2D eigenvalue weighted by Gasteiger charge is 2.31. The molecule has 1 aliphatic heterocycles. The summed E-state index contributed by atoms with van der Waals surface area (Å²) < 4.78 is 0. The summed E-state index contributed by atoms with van der Waals surface area (Å²) in [5.74, 6) is 0.0344. The van der Waals surface area contributed by atoms with E-state index in [1.165, 1.54) is 38.6 Å². The Morgan fingerprint density at radius 2 is 2.10 bits per heavy atom. The zero-order valence-electron chi connectivity index (χ0n) is 13.2. The lowest BCUT2D eigenvalue weighted by atomic mass is 9.92. The Morgan fingerprint density at radius 1 is 1.35 bits per heavy atom. The molecule has 0 amide bonds. The monoisotopic (exact) mass is 284 g/mol. The van der Waals surface area contributed by atoms with Crippen molar-refractivity contribution in [2.75, 3.05) is 19.6 Å². The summed E-state index contributed by atoms with van der Waals surface area (Å²) in [6, 6.07) is 0. The molecule has 0 aliphatic carbocycles. The number of carbonyl (C=O) groups is 1. The maximum Gasteiger partial charge on any atom is 0.323 e. The quantitative estimate of drug-likeness (QED) is 0.719. The van der Waals surface area contributed by atoms with E-state index in [2.05, 4.69) is 11.8 Å². The summed E-state index contributed by atoms with van der Waals surface area (Å²) >= 11 is 0. The number of hydrogen-bond acceptors (Lipinski definition) is 3. The number of hydrogen-bond donors (Lipinski definition) is 2. The highest BCUT2D eigenvalue weighted by Crippen LogP contribution is 2.22. The third-order valence-corrected chi connectivity index (χ3v) is 4.79. The Labute approximate surface area is 123 Å². The van der Waals surface area contributed by atoms with E-state index in [0.29, 0.717) is 12.8 Å². The van der Waals surface area contributed by atoms with Crippen LogP contribution in [0.15, 0.2) is 0 Å². The molecule has 0 radical (unpaired) electrons. The number of aliphatic carboxylic acids is 1. The number of carboxylic acid groups (broad SMARTS) is 1. The van der Waals surface area contributed by atoms with Crippen LogP contribution in [-0.4, -0.2) is 41.1 Å². The van der Waals surface area contributed by atoms with Gasteiger partial charge in [0.2, 0.25) is 0 Å². The molecule has 1 fully saturated rings. The lowest BCUT2D eigenvalue weighted by Crippen LogP contribution is -2.47. The molecule has 3 N–H and O–H groups in total. The molecular weight excluding hydrogens is 252 g/mol. The molecular formula is C16H32N2O2. The van der Waals surface area contributed by atoms with Crippen molar-refractivity contribution in [2.24, 2.45) is 11.7 Å². The molecule has 1 aliphatic rings. The molecule has 0 saturated carbocycles. The van der Waals surface area contributed by atoms with Crippen LogP contribution >= 0.6 is 0 Å². The fourth-order valence-corrected chi connectivity index (χ4v) is 3.20. The van der Waals surface area contributed by atoms with E-state index < -0.39 is 11.5 Å². The largest absolute Gasteiger partial charge is 0.480 e. The van der Waals surface area contributed by atoms with Gasteiger partial charge in [0.1, 0.15) is 5.54 Å². The van der Waals surface area contributed by atoms with Gasteiger partial charge >= 0.3 is 5.97 Å². The van der Waals surface area contributed by atoms with Crippen molar-refractivity contribution in [3.63, 3.8) is 0 Å². The van der Waals surface area contributed by atoms with Gasteiger partial charge in [-0.1, -0.05) is 26.7 Å². The van der Waals surface area contributed by atoms with Crippen LogP contribution in [0.4, 0.5) is 0 Å². The summed E-state index contributed by atoms with van der Waals surface area (Å²) in [5.41, 5.74) is 4.90. The predicted molar refractivity (Wildman–Crippen MR) is 82.8 cm³/mol. The SMILES string of the molecule is CCCC1CCCN(CCCC(N)(CC)C(=O)O)CC1. The van der Waals surface area contributed by atoms with Gasteiger partial charge in [-0.3, -0.25) is 4.79 Å². The van der Waals surface area contributed by atoms with Crippen molar-refractivity contribution < 1.29 is 9.90 Å². The summed E-state index contributed by atoms with van der Waals surface area (Å²) in [4.78, 5) is 13.7. The van der Waals surface area contributed by atoms with Crippen molar-refractivity contribution in [2.45, 2.75) is 70.8 Å². The predicted octanol–water partition coefficient (Wildman–Crippen LogP) is 2.86. The highest BCUT2D eigenvalue weighted by molar-refractivity contribution is 5.78. The molecule has 2 atom stereocenters. The van der Waals surface area contributed by atoms with Gasteiger partial charge in [0.15, 0.2) is 0 Å². The van der Waals surface area contributed by atoms with Crippen LogP contribution in [0.1, 0.15) is 65.2 Å². The van der Waals surface area contributed by atoms with Gasteiger partial charge in [-0.15, -0.1) is 0 Å². The normalized spacial score (nSPS) is 24.1. The fourth-order valence-electron chi connectivity index (χ4n) is 3.20. The van der Waals surface area contributed by atoms with E-state index in [4.69, 9.17) is 10.8 Å². The molecule has 0 spiro atoms. The Hall–Kier alpha value is -0.610. The van der Waals surface area contributed by atoms with Crippen molar-refractivity contribution in [3.05, 3.63) is 0 Å². The first-order valence-electron chi connectivity index (χ1n) is 8.26. The number of carboxylic acids is 1. The lowest BCUT2D eigenvalue weighted by Gasteiger charge is -2.25. The van der Waals surface area contributed by atoms with Crippen LogP contribution in [0.3, 0.4) is 0 Å². The lowest BCUT2D eigenvalue weighted by molar-refractivity contribution is -0.143. The maximum absolute atomic E-state index is 11.2. The molecule has 118 valence electrons. The Morgan fingerprint density at radius 3 is 2.70 bits per heavy atom. The van der Waals surface area contributed by atoms with E-state index in [-0.39, 0.29) is 0 Å². The van der Waals surface area contributed by atoms with Crippen LogP contribution < -0.4 is 5.73 Å². The topological polar surface area (TPSA) is 66.6 Å². The average molecular weight is 284 g/mol. The number of likely N-dealkylation sites (tertiary alicyclic amines) is 1. The van der Waals surface area contributed by atoms with E-state index in [0.717, 1.165) is 25.4 Å². The molecule has 0 bridgehead atoms. The molecule has 1 heterocycles. The van der Waals surface area contributed by atoms with Gasteiger partial charge in [0.05, 0.1) is 0 Å². The molecule has 0 aromatic heterocycles. The Kier molecular flexibility index (Phi) is 7.52. The minimum absolute atomic E-state index is 0.501. The number of rotatable bonds is 8. The summed E-state index contributed by atoms with van der Waals surface area (Å²) in [5, 5.41) is 9.17. The fraction of sp³-hybridized carbons (Fsp3) is 0.938. The van der Waals surface area contributed by atoms with Crippen molar-refractivity contribution in [1.82, 2.24) is 4.90 Å². The zero-order valence-corrected chi connectivity index (χ0v) is 13.2. The maximum atomic E-state index is 11.2. The molecule has 4 heteroatoms. The molecule has 1 rings (SSSR count). The van der Waals surface area contributed by atoms with Gasteiger partial charge in [0, 0.05) is 0 Å². The summed E-state index contributed by atoms with van der Waals surface area (Å²) in [6.07, 6.45) is 8.54. The summed E-state index contributed by atoms with van der Waals surface area (Å²) in [6.45, 7) is 7.44. The first-order chi connectivity index (χ1) is 9.51. The van der Waals surface area contributed by atoms with Crippen molar-refractivity contribution in [3.8, 4) is 0 Å². The standard InChI is InChI=1S/C16H32N2O2/c1-3-7-14-8-5-11-18(13-9-14)12-6-10-16(17,4-2)15(19)20/h14H,3-13,17H2,1-2H3,(H,19,20). The minimum Gasteiger partial charge on any atom is -0.480 e. The molecule has 0 aromatic rings. The third kappa shape index (κ3) is 5.41. The first-order valence-corrected chi connectivity index (χ1v) is 8.26. The summed E-state index contributed by atoms with van der Waals surface area (Å²) in [7, 11) is 0. The number of nitrogens with zero attached hydrogens (tertiary/aromatic N) is 1. The van der Waals surface area contributed by atoms with Crippen LogP contribution in [0.5, 0.6) is 0 Å². The Balaban J connectivity index is 2.30. The second-order valence-electron chi connectivity index (χ2n) is 6.35. The Bertz CT molecular complexity index is 296. The van der Waals surface area contributed by atoms with Crippen LogP contribution in [0, 0.1) is 5.92 Å². The molecule has 0 aromatic carbocycles. The van der Waals surface area contributed by atoms with Gasteiger partial charge in [-0.05, 0) is 64.1 Å². The van der Waals surface area contributed by atoms with E-state index in [9.17, 15) is 4.79 Å². The van der Waals surface area contributed by atoms with Gasteiger partial charge in [-0.2, -0.15) is 0 Å². The van der Waals surface area contributed by atoms with E-state index >= 15 is 0 Å². The third-order valence-electron chi connectivity index (χ3n) is 4.79. The average Bonchev–Trinajstić information content (AvgIpc) is 2.64. The highest BCUT2D eigenvalue weighted by atomic mass is 16.4. The van der Waals surface area contributed by atoms with Crippen LogP contribution in [0.2, 0.25) is 0 Å². The van der Waals surface area contributed by atoms with E-state index in [1.54, 1.807) is 0 Å².